The van der Waals surface area contributed by atoms with E-state index in [1.807, 2.05) is 18.2 Å². The first-order chi connectivity index (χ1) is 13.9. The van der Waals surface area contributed by atoms with E-state index in [9.17, 15) is 18.4 Å². The highest BCUT2D eigenvalue weighted by molar-refractivity contribution is 7.91. The zero-order valence-electron chi connectivity index (χ0n) is 15.8. The molecule has 154 valence electrons. The first-order valence-corrected chi connectivity index (χ1v) is 11.2. The highest BCUT2D eigenvalue weighted by atomic mass is 32.2. The molecule has 0 aromatic heterocycles. The summed E-state index contributed by atoms with van der Waals surface area (Å²) in [6.07, 6.45) is 1.87. The number of hydroxylamine groups is 1. The smallest absolute Gasteiger partial charge is 0.250 e. The first-order valence-electron chi connectivity index (χ1n) is 9.56. The predicted octanol–water partition coefficient (Wildman–Crippen LogP) is 3.09. The number of carbonyl (C=O) groups excluding carboxylic acids is 1. The lowest BCUT2D eigenvalue weighted by atomic mass is 9.78. The summed E-state index contributed by atoms with van der Waals surface area (Å²) in [6, 6.07) is 15.3. The SMILES string of the molecule is O=C(NO)C1(CS(=O)(=O)c2ccc(Oc3ccccc3)cc2)CC2CCC(C1)O2. The van der Waals surface area contributed by atoms with E-state index in [0.29, 0.717) is 11.5 Å². The lowest BCUT2D eigenvalue weighted by Gasteiger charge is -2.38. The minimum atomic E-state index is -3.77. The minimum absolute atomic E-state index is 0.113. The van der Waals surface area contributed by atoms with Crippen LogP contribution in [-0.2, 0) is 19.4 Å². The van der Waals surface area contributed by atoms with Gasteiger partial charge in [0.1, 0.15) is 11.5 Å². The molecular weight excluding hydrogens is 394 g/mol. The molecule has 1 amide bonds. The summed E-state index contributed by atoms with van der Waals surface area (Å²) in [5.74, 6) is 0.133. The highest BCUT2D eigenvalue weighted by Crippen LogP contribution is 2.45. The highest BCUT2D eigenvalue weighted by Gasteiger charge is 2.51. The van der Waals surface area contributed by atoms with Crippen molar-refractivity contribution in [3.63, 3.8) is 0 Å². The molecule has 8 heteroatoms. The first kappa shape index (κ1) is 19.9. The predicted molar refractivity (Wildman–Crippen MR) is 105 cm³/mol. The van der Waals surface area contributed by atoms with E-state index in [1.54, 1.807) is 29.7 Å². The molecule has 2 saturated heterocycles. The van der Waals surface area contributed by atoms with Gasteiger partial charge in [-0.2, -0.15) is 0 Å². The quantitative estimate of drug-likeness (QED) is 0.553. The third-order valence-electron chi connectivity index (χ3n) is 5.64. The van der Waals surface area contributed by atoms with Gasteiger partial charge in [-0.25, -0.2) is 13.9 Å². The number of carbonyl (C=O) groups is 1. The van der Waals surface area contributed by atoms with E-state index < -0.39 is 21.2 Å². The average molecular weight is 417 g/mol. The molecule has 2 bridgehead atoms. The third kappa shape index (κ3) is 4.14. The largest absolute Gasteiger partial charge is 0.457 e. The van der Waals surface area contributed by atoms with Crippen molar-refractivity contribution in [2.75, 3.05) is 5.75 Å². The fourth-order valence-electron chi connectivity index (χ4n) is 4.31. The number of hydrogen-bond donors (Lipinski definition) is 2. The Labute approximate surface area is 169 Å². The number of hydrogen-bond acceptors (Lipinski definition) is 6. The van der Waals surface area contributed by atoms with Crippen LogP contribution < -0.4 is 10.2 Å². The summed E-state index contributed by atoms with van der Waals surface area (Å²) in [4.78, 5) is 12.6. The number of nitrogens with one attached hydrogen (secondary N) is 1. The second-order valence-corrected chi connectivity index (χ2v) is 9.72. The van der Waals surface area contributed by atoms with Crippen molar-refractivity contribution in [1.82, 2.24) is 5.48 Å². The number of benzene rings is 2. The van der Waals surface area contributed by atoms with Gasteiger partial charge >= 0.3 is 0 Å². The van der Waals surface area contributed by atoms with Gasteiger partial charge in [-0.15, -0.1) is 0 Å². The van der Waals surface area contributed by atoms with E-state index in [4.69, 9.17) is 9.47 Å². The Bertz CT molecular complexity index is 962. The van der Waals surface area contributed by atoms with Crippen LogP contribution in [0.15, 0.2) is 59.5 Å². The van der Waals surface area contributed by atoms with Gasteiger partial charge in [0.25, 0.3) is 5.91 Å². The molecule has 0 spiro atoms. The Balaban J connectivity index is 1.55. The van der Waals surface area contributed by atoms with Crippen LogP contribution in [0.25, 0.3) is 0 Å². The fraction of sp³-hybridized carbons (Fsp3) is 0.381. The topological polar surface area (TPSA) is 102 Å². The molecule has 0 saturated carbocycles. The van der Waals surface area contributed by atoms with Gasteiger partial charge in [0.15, 0.2) is 9.84 Å². The summed E-state index contributed by atoms with van der Waals surface area (Å²) >= 11 is 0. The molecule has 2 N–H and O–H groups in total. The van der Waals surface area contributed by atoms with E-state index in [2.05, 4.69) is 0 Å². The fourth-order valence-corrected chi connectivity index (χ4v) is 6.12. The number of sulfone groups is 1. The molecular formula is C21H23NO6S. The van der Waals surface area contributed by atoms with Gasteiger partial charge in [0.05, 0.1) is 28.3 Å². The molecule has 4 rings (SSSR count). The molecule has 2 aromatic carbocycles. The molecule has 0 radical (unpaired) electrons. The molecule has 2 heterocycles. The zero-order valence-corrected chi connectivity index (χ0v) is 16.6. The van der Waals surface area contributed by atoms with Crippen molar-refractivity contribution in [1.29, 1.82) is 0 Å². The normalized spacial score (nSPS) is 26.1. The molecule has 2 aromatic rings. The molecule has 2 fully saturated rings. The minimum Gasteiger partial charge on any atom is -0.457 e. The van der Waals surface area contributed by atoms with Crippen molar-refractivity contribution in [2.24, 2.45) is 5.41 Å². The Kier molecular flexibility index (Phi) is 5.33. The Morgan fingerprint density at radius 3 is 2.21 bits per heavy atom. The van der Waals surface area contributed by atoms with Gasteiger partial charge in [-0.1, -0.05) is 18.2 Å². The second kappa shape index (κ2) is 7.78. The molecule has 7 nitrogen and oxygen atoms in total. The molecule has 2 aliphatic heterocycles. The number of amides is 1. The summed E-state index contributed by atoms with van der Waals surface area (Å²) in [6.45, 7) is 0. The van der Waals surface area contributed by atoms with E-state index in [1.165, 1.54) is 12.1 Å². The van der Waals surface area contributed by atoms with Crippen molar-refractivity contribution < 1.29 is 27.9 Å². The number of fused-ring (bicyclic) bond motifs is 2. The van der Waals surface area contributed by atoms with Gasteiger partial charge in [-0.3, -0.25) is 10.0 Å². The van der Waals surface area contributed by atoms with Crippen molar-refractivity contribution in [3.05, 3.63) is 54.6 Å². The van der Waals surface area contributed by atoms with E-state index >= 15 is 0 Å². The maximum atomic E-state index is 13.1. The van der Waals surface area contributed by atoms with E-state index in [0.717, 1.165) is 12.8 Å². The Morgan fingerprint density at radius 1 is 1.03 bits per heavy atom. The molecule has 0 aliphatic carbocycles. The van der Waals surface area contributed by atoms with Crippen LogP contribution in [0.3, 0.4) is 0 Å². The van der Waals surface area contributed by atoms with Crippen LogP contribution in [0.5, 0.6) is 11.5 Å². The zero-order chi connectivity index (χ0) is 20.5. The molecule has 2 atom stereocenters. The van der Waals surface area contributed by atoms with Crippen LogP contribution in [0.2, 0.25) is 0 Å². The van der Waals surface area contributed by atoms with Crippen molar-refractivity contribution in [2.45, 2.75) is 42.8 Å². The molecule has 2 aliphatic rings. The lowest BCUT2D eigenvalue weighted by molar-refractivity contribution is -0.148. The average Bonchev–Trinajstić information content (AvgIpc) is 3.07. The Hall–Kier alpha value is -2.42. The van der Waals surface area contributed by atoms with Gasteiger partial charge < -0.3 is 9.47 Å². The third-order valence-corrected chi connectivity index (χ3v) is 7.57. The van der Waals surface area contributed by atoms with Crippen molar-refractivity contribution in [3.8, 4) is 11.5 Å². The number of ether oxygens (including phenoxy) is 2. The van der Waals surface area contributed by atoms with Crippen LogP contribution >= 0.6 is 0 Å². The summed E-state index contributed by atoms with van der Waals surface area (Å²) in [5.41, 5.74) is 0.478. The van der Waals surface area contributed by atoms with E-state index in [-0.39, 0.29) is 35.7 Å². The summed E-state index contributed by atoms with van der Waals surface area (Å²) < 4.78 is 37.6. The lowest BCUT2D eigenvalue weighted by Crippen LogP contribution is -2.50. The van der Waals surface area contributed by atoms with Crippen molar-refractivity contribution >= 4 is 15.7 Å². The van der Waals surface area contributed by atoms with Crippen LogP contribution in [0.1, 0.15) is 25.7 Å². The number of rotatable bonds is 6. The summed E-state index contributed by atoms with van der Waals surface area (Å²) in [7, 11) is -3.77. The maximum Gasteiger partial charge on any atom is 0.250 e. The summed E-state index contributed by atoms with van der Waals surface area (Å²) in [5, 5.41) is 9.24. The monoisotopic (exact) mass is 417 g/mol. The van der Waals surface area contributed by atoms with Crippen LogP contribution in [-0.4, -0.2) is 37.5 Å². The number of para-hydroxylation sites is 1. The molecule has 29 heavy (non-hydrogen) atoms. The maximum absolute atomic E-state index is 13.1. The Morgan fingerprint density at radius 2 is 1.62 bits per heavy atom. The van der Waals surface area contributed by atoms with Gasteiger partial charge in [0.2, 0.25) is 0 Å². The van der Waals surface area contributed by atoms with Gasteiger partial charge in [-0.05, 0) is 62.1 Å². The standard InChI is InChI=1S/C21H23NO6S/c23-20(22-24)21(12-17-6-7-18(13-21)28-17)14-29(25,26)19-10-8-16(9-11-19)27-15-4-2-1-3-5-15/h1-5,8-11,17-18,24H,6-7,12-14H2,(H,22,23). The van der Waals surface area contributed by atoms with Gasteiger partial charge in [0, 0.05) is 0 Å². The van der Waals surface area contributed by atoms with Crippen LogP contribution in [0.4, 0.5) is 0 Å². The van der Waals surface area contributed by atoms with Crippen LogP contribution in [0, 0.1) is 5.41 Å². The molecule has 2 unspecified atom stereocenters. The second-order valence-electron chi connectivity index (χ2n) is 7.73.